The van der Waals surface area contributed by atoms with Gasteiger partial charge >= 0.3 is 0 Å². The fourth-order valence-corrected chi connectivity index (χ4v) is 3.70. The molecule has 6 nitrogen and oxygen atoms in total. The molecule has 164 valence electrons. The van der Waals surface area contributed by atoms with Crippen molar-refractivity contribution in [2.24, 2.45) is 0 Å². The SMILES string of the molecule is CCCOc1cccc(C2C(=C(O)c3ccc(C)cc3)C(=O)C(=O)N2CCCOC)c1. The van der Waals surface area contributed by atoms with Crippen molar-refractivity contribution in [3.05, 3.63) is 70.8 Å². The quantitative estimate of drug-likeness (QED) is 0.283. The van der Waals surface area contributed by atoms with E-state index in [2.05, 4.69) is 0 Å². The lowest BCUT2D eigenvalue weighted by atomic mass is 9.95. The number of likely N-dealkylation sites (tertiary alicyclic amines) is 1. The molecule has 31 heavy (non-hydrogen) atoms. The number of aryl methyl sites for hydroxylation is 1. The number of aliphatic hydroxyl groups excluding tert-OH is 1. The molecule has 1 aliphatic heterocycles. The predicted molar refractivity (Wildman–Crippen MR) is 119 cm³/mol. The van der Waals surface area contributed by atoms with Gasteiger partial charge in [-0.2, -0.15) is 0 Å². The minimum Gasteiger partial charge on any atom is -0.507 e. The fraction of sp³-hybridized carbons (Fsp3) is 0.360. The zero-order valence-electron chi connectivity index (χ0n) is 18.3. The Kier molecular flexibility index (Phi) is 7.47. The van der Waals surface area contributed by atoms with E-state index in [1.807, 2.05) is 50.2 Å². The molecule has 1 aliphatic rings. The van der Waals surface area contributed by atoms with Crippen LogP contribution in [0.4, 0.5) is 0 Å². The maximum Gasteiger partial charge on any atom is 0.295 e. The predicted octanol–water partition coefficient (Wildman–Crippen LogP) is 4.24. The summed E-state index contributed by atoms with van der Waals surface area (Å²) in [5.41, 5.74) is 2.36. The number of Topliss-reactive ketones (excluding diaryl/α,β-unsaturated/α-hetero) is 1. The molecule has 0 radical (unpaired) electrons. The van der Waals surface area contributed by atoms with Crippen LogP contribution in [0.2, 0.25) is 0 Å². The Bertz CT molecular complexity index is 964. The van der Waals surface area contributed by atoms with E-state index in [1.54, 1.807) is 19.2 Å². The number of rotatable bonds is 9. The zero-order valence-corrected chi connectivity index (χ0v) is 18.3. The minimum absolute atomic E-state index is 0.0962. The Morgan fingerprint density at radius 1 is 1.10 bits per heavy atom. The Balaban J connectivity index is 2.09. The van der Waals surface area contributed by atoms with Gasteiger partial charge in [0.2, 0.25) is 0 Å². The summed E-state index contributed by atoms with van der Waals surface area (Å²) in [6, 6.07) is 13.9. The maximum absolute atomic E-state index is 13.0. The summed E-state index contributed by atoms with van der Waals surface area (Å²) in [6.07, 6.45) is 1.45. The highest BCUT2D eigenvalue weighted by Gasteiger charge is 2.45. The number of carbonyl (C=O) groups excluding carboxylic acids is 2. The number of carbonyl (C=O) groups is 2. The minimum atomic E-state index is -0.691. The van der Waals surface area contributed by atoms with E-state index in [1.165, 1.54) is 4.90 Å². The monoisotopic (exact) mass is 423 g/mol. The van der Waals surface area contributed by atoms with E-state index in [0.29, 0.717) is 37.5 Å². The number of methoxy groups -OCH3 is 1. The van der Waals surface area contributed by atoms with Gasteiger partial charge in [0, 0.05) is 25.8 Å². The van der Waals surface area contributed by atoms with E-state index >= 15 is 0 Å². The van der Waals surface area contributed by atoms with Crippen molar-refractivity contribution in [3.8, 4) is 5.75 Å². The van der Waals surface area contributed by atoms with E-state index in [-0.39, 0.29) is 11.3 Å². The van der Waals surface area contributed by atoms with Gasteiger partial charge in [0.25, 0.3) is 11.7 Å². The second-order valence-electron chi connectivity index (χ2n) is 7.63. The number of hydrogen-bond acceptors (Lipinski definition) is 5. The molecule has 1 heterocycles. The molecule has 1 fully saturated rings. The van der Waals surface area contributed by atoms with Gasteiger partial charge in [-0.3, -0.25) is 9.59 Å². The van der Waals surface area contributed by atoms with E-state index in [9.17, 15) is 14.7 Å². The average molecular weight is 424 g/mol. The molecular weight excluding hydrogens is 394 g/mol. The summed E-state index contributed by atoms with van der Waals surface area (Å²) < 4.78 is 10.9. The van der Waals surface area contributed by atoms with Crippen LogP contribution < -0.4 is 4.74 Å². The summed E-state index contributed by atoms with van der Waals surface area (Å²) >= 11 is 0. The van der Waals surface area contributed by atoms with Gasteiger partial charge in [-0.05, 0) is 37.5 Å². The summed E-state index contributed by atoms with van der Waals surface area (Å²) in [7, 11) is 1.59. The molecule has 1 amide bonds. The average Bonchev–Trinajstić information content (AvgIpc) is 3.03. The number of hydrogen-bond donors (Lipinski definition) is 1. The van der Waals surface area contributed by atoms with Crippen LogP contribution in [0.3, 0.4) is 0 Å². The van der Waals surface area contributed by atoms with E-state index in [4.69, 9.17) is 9.47 Å². The second kappa shape index (κ2) is 10.3. The Labute approximate surface area is 183 Å². The fourth-order valence-electron chi connectivity index (χ4n) is 3.70. The van der Waals surface area contributed by atoms with Gasteiger partial charge in [0.1, 0.15) is 11.5 Å². The van der Waals surface area contributed by atoms with Crippen LogP contribution in [-0.2, 0) is 14.3 Å². The van der Waals surface area contributed by atoms with Crippen LogP contribution in [0.25, 0.3) is 5.76 Å². The van der Waals surface area contributed by atoms with E-state index in [0.717, 1.165) is 17.5 Å². The van der Waals surface area contributed by atoms with Gasteiger partial charge in [0.15, 0.2) is 0 Å². The highest BCUT2D eigenvalue weighted by Crippen LogP contribution is 2.40. The first-order valence-corrected chi connectivity index (χ1v) is 10.5. The summed E-state index contributed by atoms with van der Waals surface area (Å²) in [5.74, 6) is -0.801. The zero-order chi connectivity index (χ0) is 22.4. The van der Waals surface area contributed by atoms with Crippen LogP contribution in [-0.4, -0.2) is 48.6 Å². The van der Waals surface area contributed by atoms with Crippen LogP contribution in [0.15, 0.2) is 54.1 Å². The van der Waals surface area contributed by atoms with Gasteiger partial charge in [-0.25, -0.2) is 0 Å². The first kappa shape index (κ1) is 22.6. The number of ketones is 1. The largest absolute Gasteiger partial charge is 0.507 e. The van der Waals surface area contributed by atoms with Crippen molar-refractivity contribution >= 4 is 17.4 Å². The third-order valence-electron chi connectivity index (χ3n) is 5.26. The molecule has 1 unspecified atom stereocenters. The molecule has 0 aliphatic carbocycles. The van der Waals surface area contributed by atoms with Crippen LogP contribution in [0, 0.1) is 6.92 Å². The molecule has 0 aromatic heterocycles. The Morgan fingerprint density at radius 2 is 1.84 bits per heavy atom. The normalized spacial score (nSPS) is 17.9. The van der Waals surface area contributed by atoms with E-state index < -0.39 is 17.7 Å². The van der Waals surface area contributed by atoms with Gasteiger partial charge in [0.05, 0.1) is 18.2 Å². The summed E-state index contributed by atoms with van der Waals surface area (Å²) in [5, 5.41) is 11.1. The molecule has 0 spiro atoms. The Hall–Kier alpha value is -3.12. The van der Waals surface area contributed by atoms with Crippen molar-refractivity contribution in [1.82, 2.24) is 4.90 Å². The van der Waals surface area contributed by atoms with Crippen molar-refractivity contribution in [2.45, 2.75) is 32.7 Å². The molecule has 1 atom stereocenters. The smallest absolute Gasteiger partial charge is 0.295 e. The number of ether oxygens (including phenoxy) is 2. The van der Waals surface area contributed by atoms with Gasteiger partial charge < -0.3 is 19.5 Å². The maximum atomic E-state index is 13.0. The molecule has 2 aromatic rings. The molecule has 1 saturated heterocycles. The third-order valence-corrected chi connectivity index (χ3v) is 5.26. The lowest BCUT2D eigenvalue weighted by Gasteiger charge is -2.25. The lowest BCUT2D eigenvalue weighted by Crippen LogP contribution is -2.31. The van der Waals surface area contributed by atoms with Crippen molar-refractivity contribution in [3.63, 3.8) is 0 Å². The molecule has 2 aromatic carbocycles. The second-order valence-corrected chi connectivity index (χ2v) is 7.63. The van der Waals surface area contributed by atoms with Crippen LogP contribution >= 0.6 is 0 Å². The molecule has 6 heteroatoms. The molecule has 3 rings (SSSR count). The number of nitrogens with zero attached hydrogens (tertiary/aromatic N) is 1. The molecule has 1 N–H and O–H groups in total. The lowest BCUT2D eigenvalue weighted by molar-refractivity contribution is -0.140. The highest BCUT2D eigenvalue weighted by molar-refractivity contribution is 6.46. The van der Waals surface area contributed by atoms with Crippen LogP contribution in [0.1, 0.15) is 42.5 Å². The van der Waals surface area contributed by atoms with Gasteiger partial charge in [-0.1, -0.05) is 48.9 Å². The Morgan fingerprint density at radius 3 is 2.52 bits per heavy atom. The van der Waals surface area contributed by atoms with Crippen LogP contribution in [0.5, 0.6) is 5.75 Å². The first-order chi connectivity index (χ1) is 15.0. The van der Waals surface area contributed by atoms with Crippen molar-refractivity contribution in [1.29, 1.82) is 0 Å². The number of benzene rings is 2. The number of aliphatic hydroxyl groups is 1. The molecular formula is C25H29NO5. The summed E-state index contributed by atoms with van der Waals surface area (Å²) in [4.78, 5) is 27.4. The topological polar surface area (TPSA) is 76.1 Å². The first-order valence-electron chi connectivity index (χ1n) is 10.5. The highest BCUT2D eigenvalue weighted by atomic mass is 16.5. The third kappa shape index (κ3) is 4.97. The van der Waals surface area contributed by atoms with Gasteiger partial charge in [-0.15, -0.1) is 0 Å². The summed E-state index contributed by atoms with van der Waals surface area (Å²) in [6.45, 7) is 5.35. The standard InChI is InChI=1S/C25H29NO5/c1-4-14-31-20-8-5-7-19(16-20)22-21(23(27)18-11-9-17(2)10-12-18)24(28)25(29)26(22)13-6-15-30-3/h5,7-12,16,22,27H,4,6,13-15H2,1-3H3. The number of amides is 1. The molecule has 0 saturated carbocycles. The molecule has 0 bridgehead atoms. The van der Waals surface area contributed by atoms with Crippen molar-refractivity contribution in [2.75, 3.05) is 26.9 Å². The van der Waals surface area contributed by atoms with Crippen molar-refractivity contribution < 1.29 is 24.2 Å².